The van der Waals surface area contributed by atoms with Crippen molar-refractivity contribution in [2.45, 2.75) is 13.8 Å². The first-order valence-electron chi connectivity index (χ1n) is 7.84. The average molecular weight is 334 g/mol. The minimum Gasteiger partial charge on any atom is -0.277 e. The number of aryl methyl sites for hydroxylation is 2. The number of nitrogens with one attached hydrogen (secondary N) is 1. The summed E-state index contributed by atoms with van der Waals surface area (Å²) in [6, 6.07) is 20.6. The second-order valence-electron chi connectivity index (χ2n) is 5.65. The van der Waals surface area contributed by atoms with Gasteiger partial charge < -0.3 is 0 Å². The molecule has 1 aromatic heterocycles. The zero-order valence-electron chi connectivity index (χ0n) is 13.6. The van der Waals surface area contributed by atoms with Gasteiger partial charge in [-0.05, 0) is 26.0 Å². The standard InChI is InChI=1S/C19H18N4S/c1-14-15(2)24-19(20-14)22-13-18(16-9-5-3-6-10-16)21-23(22)17-11-7-4-8-12-17/h3-13,21H,1-2H3. The molecule has 24 heavy (non-hydrogen) atoms. The van der Waals surface area contributed by atoms with Crippen molar-refractivity contribution in [3.63, 3.8) is 0 Å². The minimum absolute atomic E-state index is 0.951. The van der Waals surface area contributed by atoms with Crippen molar-refractivity contribution in [1.82, 2.24) is 10.4 Å². The van der Waals surface area contributed by atoms with Crippen LogP contribution in [-0.2, 0) is 0 Å². The molecule has 0 radical (unpaired) electrons. The average Bonchev–Trinajstić information content (AvgIpc) is 3.21. The molecule has 1 aliphatic heterocycles. The van der Waals surface area contributed by atoms with Crippen molar-refractivity contribution in [3.8, 4) is 0 Å². The molecule has 3 aromatic rings. The summed E-state index contributed by atoms with van der Waals surface area (Å²) in [4.78, 5) is 5.95. The number of aromatic nitrogens is 1. The van der Waals surface area contributed by atoms with Crippen LogP contribution in [0.15, 0.2) is 66.9 Å². The largest absolute Gasteiger partial charge is 0.277 e. The van der Waals surface area contributed by atoms with Crippen molar-refractivity contribution in [2.75, 3.05) is 10.1 Å². The third-order valence-electron chi connectivity index (χ3n) is 3.99. The molecule has 2 heterocycles. The van der Waals surface area contributed by atoms with Crippen LogP contribution in [-0.4, -0.2) is 4.98 Å². The first kappa shape index (κ1) is 14.8. The number of hydrogen-bond acceptors (Lipinski definition) is 5. The van der Waals surface area contributed by atoms with E-state index in [1.165, 1.54) is 4.88 Å². The highest BCUT2D eigenvalue weighted by molar-refractivity contribution is 7.15. The van der Waals surface area contributed by atoms with Crippen LogP contribution in [0.3, 0.4) is 0 Å². The van der Waals surface area contributed by atoms with E-state index in [0.717, 1.165) is 27.8 Å². The molecule has 4 rings (SSSR count). The normalized spacial score (nSPS) is 13.8. The number of benzene rings is 2. The molecule has 0 spiro atoms. The Labute approximate surface area is 145 Å². The molecule has 4 nitrogen and oxygen atoms in total. The fourth-order valence-electron chi connectivity index (χ4n) is 2.59. The van der Waals surface area contributed by atoms with Crippen LogP contribution in [0.5, 0.6) is 0 Å². The smallest absolute Gasteiger partial charge is 0.210 e. The van der Waals surface area contributed by atoms with E-state index in [1.54, 1.807) is 11.3 Å². The van der Waals surface area contributed by atoms with Gasteiger partial charge >= 0.3 is 0 Å². The molecule has 5 heteroatoms. The van der Waals surface area contributed by atoms with Gasteiger partial charge in [-0.25, -0.2) is 9.99 Å². The summed E-state index contributed by atoms with van der Waals surface area (Å²) >= 11 is 1.70. The van der Waals surface area contributed by atoms with E-state index < -0.39 is 0 Å². The van der Waals surface area contributed by atoms with Crippen LogP contribution in [0, 0.1) is 13.8 Å². The number of para-hydroxylation sites is 1. The lowest BCUT2D eigenvalue weighted by atomic mass is 10.2. The molecule has 1 N–H and O–H groups in total. The molecular formula is C19H18N4S. The second-order valence-corrected chi connectivity index (χ2v) is 6.83. The molecule has 0 saturated carbocycles. The Hall–Kier alpha value is -2.79. The van der Waals surface area contributed by atoms with Crippen LogP contribution < -0.4 is 15.6 Å². The maximum Gasteiger partial charge on any atom is 0.210 e. The van der Waals surface area contributed by atoms with Gasteiger partial charge in [0.15, 0.2) is 0 Å². The summed E-state index contributed by atoms with van der Waals surface area (Å²) in [6.45, 7) is 4.15. The number of hydrazine groups is 2. The molecule has 0 aliphatic carbocycles. The van der Waals surface area contributed by atoms with Crippen LogP contribution >= 0.6 is 11.3 Å². The number of anilines is 2. The zero-order chi connectivity index (χ0) is 16.5. The summed E-state index contributed by atoms with van der Waals surface area (Å²) in [7, 11) is 0. The molecule has 0 saturated heterocycles. The Kier molecular flexibility index (Phi) is 3.70. The van der Waals surface area contributed by atoms with Gasteiger partial charge in [-0.3, -0.25) is 5.43 Å². The van der Waals surface area contributed by atoms with Crippen LogP contribution in [0.2, 0.25) is 0 Å². The van der Waals surface area contributed by atoms with Gasteiger partial charge in [0.2, 0.25) is 5.13 Å². The number of rotatable bonds is 3. The van der Waals surface area contributed by atoms with E-state index in [-0.39, 0.29) is 0 Å². The Morgan fingerprint density at radius 1 is 0.917 bits per heavy atom. The molecule has 0 amide bonds. The molecule has 120 valence electrons. The topological polar surface area (TPSA) is 31.4 Å². The summed E-state index contributed by atoms with van der Waals surface area (Å²) in [5.74, 6) is 0. The molecular weight excluding hydrogens is 316 g/mol. The Morgan fingerprint density at radius 3 is 2.21 bits per heavy atom. The van der Waals surface area contributed by atoms with Gasteiger partial charge in [0, 0.05) is 10.4 Å². The van der Waals surface area contributed by atoms with E-state index in [4.69, 9.17) is 4.98 Å². The van der Waals surface area contributed by atoms with Crippen molar-refractivity contribution in [3.05, 3.63) is 83.0 Å². The fraction of sp³-hybridized carbons (Fsp3) is 0.105. The summed E-state index contributed by atoms with van der Waals surface area (Å²) in [5, 5.41) is 5.05. The molecule has 1 aliphatic rings. The first-order valence-corrected chi connectivity index (χ1v) is 8.66. The lowest BCUT2D eigenvalue weighted by Crippen LogP contribution is -2.42. The number of nitrogens with zero attached hydrogens (tertiary/aromatic N) is 3. The number of thiazole rings is 1. The van der Waals surface area contributed by atoms with Gasteiger partial charge in [-0.2, -0.15) is 5.12 Å². The molecule has 2 aromatic carbocycles. The fourth-order valence-corrected chi connectivity index (χ4v) is 3.46. The lowest BCUT2D eigenvalue weighted by molar-refractivity contribution is 0.797. The SMILES string of the molecule is Cc1nc(N2C=C(c3ccccc3)NN2c2ccccc2)sc1C. The lowest BCUT2D eigenvalue weighted by Gasteiger charge is -2.28. The monoisotopic (exact) mass is 334 g/mol. The van der Waals surface area contributed by atoms with E-state index in [1.807, 2.05) is 48.4 Å². The first-order chi connectivity index (χ1) is 11.7. The highest BCUT2D eigenvalue weighted by Crippen LogP contribution is 2.33. The third-order valence-corrected chi connectivity index (χ3v) is 5.05. The second kappa shape index (κ2) is 6.02. The summed E-state index contributed by atoms with van der Waals surface area (Å²) in [6.07, 6.45) is 2.10. The van der Waals surface area contributed by atoms with E-state index >= 15 is 0 Å². The zero-order valence-corrected chi connectivity index (χ0v) is 14.4. The maximum absolute atomic E-state index is 4.71. The predicted octanol–water partition coefficient (Wildman–Crippen LogP) is 4.50. The number of hydrogen-bond donors (Lipinski definition) is 1. The third kappa shape index (κ3) is 2.63. The Morgan fingerprint density at radius 2 is 1.58 bits per heavy atom. The predicted molar refractivity (Wildman–Crippen MR) is 101 cm³/mol. The van der Waals surface area contributed by atoms with Gasteiger partial charge in [0.25, 0.3) is 0 Å². The van der Waals surface area contributed by atoms with Gasteiger partial charge in [0.1, 0.15) is 0 Å². The Balaban J connectivity index is 1.76. The van der Waals surface area contributed by atoms with Crippen molar-refractivity contribution >= 4 is 27.9 Å². The minimum atomic E-state index is 0.951. The van der Waals surface area contributed by atoms with Gasteiger partial charge in [-0.15, -0.1) is 0 Å². The van der Waals surface area contributed by atoms with Crippen LogP contribution in [0.1, 0.15) is 16.1 Å². The summed E-state index contributed by atoms with van der Waals surface area (Å²) in [5.41, 5.74) is 7.81. The van der Waals surface area contributed by atoms with Gasteiger partial charge in [0.05, 0.1) is 23.3 Å². The molecule has 0 atom stereocenters. The van der Waals surface area contributed by atoms with Crippen molar-refractivity contribution < 1.29 is 0 Å². The summed E-state index contributed by atoms with van der Waals surface area (Å²) < 4.78 is 0. The van der Waals surface area contributed by atoms with Crippen molar-refractivity contribution in [2.24, 2.45) is 0 Å². The molecule has 0 fully saturated rings. The van der Waals surface area contributed by atoms with E-state index in [0.29, 0.717) is 0 Å². The highest BCUT2D eigenvalue weighted by atomic mass is 32.1. The Bertz CT molecular complexity index is 851. The highest BCUT2D eigenvalue weighted by Gasteiger charge is 2.26. The van der Waals surface area contributed by atoms with E-state index in [9.17, 15) is 0 Å². The molecule has 0 unspecified atom stereocenters. The van der Waals surface area contributed by atoms with Crippen LogP contribution in [0.25, 0.3) is 5.70 Å². The van der Waals surface area contributed by atoms with Crippen LogP contribution in [0.4, 0.5) is 10.8 Å². The maximum atomic E-state index is 4.71. The van der Waals surface area contributed by atoms with Gasteiger partial charge in [-0.1, -0.05) is 59.9 Å². The van der Waals surface area contributed by atoms with Crippen molar-refractivity contribution in [1.29, 1.82) is 0 Å². The van der Waals surface area contributed by atoms with E-state index in [2.05, 4.69) is 47.8 Å². The quantitative estimate of drug-likeness (QED) is 0.764. The molecule has 0 bridgehead atoms.